The fraction of sp³-hybridized carbons (Fsp3) is 0.350. The van der Waals surface area contributed by atoms with E-state index in [9.17, 15) is 4.79 Å². The molecule has 134 valence electrons. The van der Waals surface area contributed by atoms with Crippen LogP contribution in [0.4, 0.5) is 5.95 Å². The van der Waals surface area contributed by atoms with Gasteiger partial charge in [-0.2, -0.15) is 0 Å². The highest BCUT2D eigenvalue weighted by Crippen LogP contribution is 2.30. The highest BCUT2D eigenvalue weighted by molar-refractivity contribution is 5.93. The zero-order chi connectivity index (χ0) is 17.9. The number of H-pyrrole nitrogens is 1. The van der Waals surface area contributed by atoms with Crippen LogP contribution in [0.3, 0.4) is 0 Å². The number of rotatable bonds is 4. The lowest BCUT2D eigenvalue weighted by atomic mass is 9.92. The van der Waals surface area contributed by atoms with Gasteiger partial charge in [0.2, 0.25) is 11.9 Å². The topological polar surface area (TPSA) is 73.9 Å². The van der Waals surface area contributed by atoms with Gasteiger partial charge in [-0.15, -0.1) is 0 Å². The van der Waals surface area contributed by atoms with Crippen molar-refractivity contribution >= 4 is 22.8 Å². The minimum Gasteiger partial charge on any atom is -0.358 e. The lowest BCUT2D eigenvalue weighted by Crippen LogP contribution is -2.46. The molecular weight excluding hydrogens is 326 g/mol. The highest BCUT2D eigenvalue weighted by Gasteiger charge is 2.28. The number of hydrogen-bond donors (Lipinski definition) is 2. The van der Waals surface area contributed by atoms with E-state index >= 15 is 0 Å². The Bertz CT molecular complexity index is 850. The molecule has 1 aromatic carbocycles. The van der Waals surface area contributed by atoms with E-state index in [0.29, 0.717) is 11.9 Å². The number of anilines is 1. The molecule has 0 radical (unpaired) electrons. The molecule has 0 saturated carbocycles. The summed E-state index contributed by atoms with van der Waals surface area (Å²) in [4.78, 5) is 26.3. The van der Waals surface area contributed by atoms with Crippen LogP contribution in [0.2, 0.25) is 0 Å². The largest absolute Gasteiger partial charge is 0.358 e. The first-order chi connectivity index (χ1) is 12.7. The summed E-state index contributed by atoms with van der Waals surface area (Å²) in [6.45, 7) is 3.76. The zero-order valence-corrected chi connectivity index (χ0v) is 14.9. The summed E-state index contributed by atoms with van der Waals surface area (Å²) < 4.78 is 0. The molecule has 2 N–H and O–H groups in total. The number of aromatic nitrogens is 3. The van der Waals surface area contributed by atoms with Crippen molar-refractivity contribution < 1.29 is 4.79 Å². The minimum absolute atomic E-state index is 0.0553. The second-order valence-corrected chi connectivity index (χ2v) is 6.86. The van der Waals surface area contributed by atoms with Crippen LogP contribution in [0.25, 0.3) is 10.9 Å². The summed E-state index contributed by atoms with van der Waals surface area (Å²) in [5.41, 5.74) is 2.50. The number of benzene rings is 1. The maximum absolute atomic E-state index is 12.4. The average molecular weight is 349 g/mol. The van der Waals surface area contributed by atoms with Crippen molar-refractivity contribution in [3.63, 3.8) is 0 Å². The van der Waals surface area contributed by atoms with Gasteiger partial charge < -0.3 is 4.98 Å². The van der Waals surface area contributed by atoms with E-state index in [4.69, 9.17) is 0 Å². The molecule has 3 aromatic rings. The maximum atomic E-state index is 12.4. The molecule has 1 fully saturated rings. The monoisotopic (exact) mass is 349 g/mol. The molecule has 1 amide bonds. The van der Waals surface area contributed by atoms with Crippen LogP contribution >= 0.6 is 0 Å². The molecule has 6 nitrogen and oxygen atoms in total. The third-order valence-corrected chi connectivity index (χ3v) is 5.25. The smallest absolute Gasteiger partial charge is 0.243 e. The normalized spacial score (nSPS) is 17.3. The van der Waals surface area contributed by atoms with E-state index < -0.39 is 0 Å². The molecule has 0 aliphatic carbocycles. The number of fused-ring (bicyclic) bond motifs is 1. The molecule has 0 bridgehead atoms. The van der Waals surface area contributed by atoms with Crippen molar-refractivity contribution in [1.29, 1.82) is 0 Å². The lowest BCUT2D eigenvalue weighted by Gasteiger charge is -2.34. The van der Waals surface area contributed by atoms with Crippen LogP contribution in [0.15, 0.2) is 48.8 Å². The van der Waals surface area contributed by atoms with Gasteiger partial charge in [-0.3, -0.25) is 15.0 Å². The first-order valence-corrected chi connectivity index (χ1v) is 9.10. The molecule has 1 unspecified atom stereocenters. The molecular formula is C20H23N5O. The molecule has 1 aliphatic heterocycles. The molecule has 2 aromatic heterocycles. The molecule has 4 rings (SSSR count). The number of nitrogens with zero attached hydrogens (tertiary/aromatic N) is 3. The number of hydrogen-bond acceptors (Lipinski definition) is 4. The standard InChI is InChI=1S/C20H23N5O/c1-14(19(26)24-20-21-9-4-10-22-20)25-11-7-15(8-12-25)18-13-16-5-2-3-6-17(16)23-18/h2-6,9-10,13-15,23H,7-8,11-12H2,1H3,(H,21,22,24,26). The predicted molar refractivity (Wildman–Crippen MR) is 102 cm³/mol. The van der Waals surface area contributed by atoms with Crippen molar-refractivity contribution in [3.8, 4) is 0 Å². The lowest BCUT2D eigenvalue weighted by molar-refractivity contribution is -0.121. The Hall–Kier alpha value is -2.73. The van der Waals surface area contributed by atoms with Gasteiger partial charge in [0.15, 0.2) is 0 Å². The molecule has 3 heterocycles. The molecule has 1 aliphatic rings. The van der Waals surface area contributed by atoms with Gasteiger partial charge in [0.25, 0.3) is 0 Å². The van der Waals surface area contributed by atoms with Crippen molar-refractivity contribution in [2.75, 3.05) is 18.4 Å². The summed E-state index contributed by atoms with van der Waals surface area (Å²) in [5, 5.41) is 4.06. The fourth-order valence-corrected chi connectivity index (χ4v) is 3.66. The molecule has 26 heavy (non-hydrogen) atoms. The van der Waals surface area contributed by atoms with E-state index in [1.807, 2.05) is 6.92 Å². The van der Waals surface area contributed by atoms with Gasteiger partial charge in [0.05, 0.1) is 6.04 Å². The summed E-state index contributed by atoms with van der Waals surface area (Å²) in [6, 6.07) is 12.2. The first kappa shape index (κ1) is 16.7. The van der Waals surface area contributed by atoms with Crippen molar-refractivity contribution in [2.45, 2.75) is 31.7 Å². The Morgan fingerprint density at radius 1 is 1.19 bits per heavy atom. The number of carbonyl (C=O) groups excluding carboxylic acids is 1. The fourth-order valence-electron chi connectivity index (χ4n) is 3.66. The summed E-state index contributed by atoms with van der Waals surface area (Å²) >= 11 is 0. The van der Waals surface area contributed by atoms with Crippen LogP contribution in [-0.2, 0) is 4.79 Å². The van der Waals surface area contributed by atoms with Gasteiger partial charge >= 0.3 is 0 Å². The first-order valence-electron chi connectivity index (χ1n) is 9.10. The van der Waals surface area contributed by atoms with Crippen LogP contribution in [0.5, 0.6) is 0 Å². The second kappa shape index (κ2) is 7.25. The number of aromatic amines is 1. The number of para-hydroxylation sites is 1. The molecule has 1 saturated heterocycles. The minimum atomic E-state index is -0.192. The van der Waals surface area contributed by atoms with E-state index in [2.05, 4.69) is 55.5 Å². The van der Waals surface area contributed by atoms with Crippen molar-refractivity contribution in [1.82, 2.24) is 19.9 Å². The number of amides is 1. The molecule has 1 atom stereocenters. The van der Waals surface area contributed by atoms with E-state index in [-0.39, 0.29) is 11.9 Å². The maximum Gasteiger partial charge on any atom is 0.243 e. The van der Waals surface area contributed by atoms with Gasteiger partial charge in [-0.25, -0.2) is 9.97 Å². The molecule has 0 spiro atoms. The van der Waals surface area contributed by atoms with Crippen LogP contribution < -0.4 is 5.32 Å². The third-order valence-electron chi connectivity index (χ3n) is 5.25. The predicted octanol–water partition coefficient (Wildman–Crippen LogP) is 3.16. The number of nitrogens with one attached hydrogen (secondary N) is 2. The average Bonchev–Trinajstić information content (AvgIpc) is 3.12. The summed E-state index contributed by atoms with van der Waals surface area (Å²) in [5.74, 6) is 0.823. The second-order valence-electron chi connectivity index (χ2n) is 6.86. The zero-order valence-electron chi connectivity index (χ0n) is 14.9. The van der Waals surface area contributed by atoms with Crippen LogP contribution in [-0.4, -0.2) is 44.9 Å². The van der Waals surface area contributed by atoms with Crippen LogP contribution in [0, 0.1) is 0 Å². The highest BCUT2D eigenvalue weighted by atomic mass is 16.2. The number of likely N-dealkylation sites (tertiary alicyclic amines) is 1. The molecule has 6 heteroatoms. The van der Waals surface area contributed by atoms with Gasteiger partial charge in [0, 0.05) is 29.5 Å². The Morgan fingerprint density at radius 2 is 1.92 bits per heavy atom. The number of carbonyl (C=O) groups is 1. The Kier molecular flexibility index (Phi) is 4.67. The quantitative estimate of drug-likeness (QED) is 0.759. The Labute approximate surface area is 152 Å². The van der Waals surface area contributed by atoms with Crippen LogP contribution in [0.1, 0.15) is 31.4 Å². The van der Waals surface area contributed by atoms with Crippen molar-refractivity contribution in [3.05, 3.63) is 54.5 Å². The van der Waals surface area contributed by atoms with Gasteiger partial charge in [-0.05, 0) is 56.4 Å². The SMILES string of the molecule is CC(C(=O)Nc1ncccn1)N1CCC(c2cc3ccccc3[nH]2)CC1. The Morgan fingerprint density at radius 3 is 2.65 bits per heavy atom. The van der Waals surface area contributed by atoms with Gasteiger partial charge in [-0.1, -0.05) is 18.2 Å². The van der Waals surface area contributed by atoms with Crippen molar-refractivity contribution in [2.24, 2.45) is 0 Å². The third kappa shape index (κ3) is 3.46. The van der Waals surface area contributed by atoms with E-state index in [0.717, 1.165) is 25.9 Å². The van der Waals surface area contributed by atoms with Gasteiger partial charge in [0.1, 0.15) is 0 Å². The van der Waals surface area contributed by atoms with E-state index in [1.165, 1.54) is 16.6 Å². The summed E-state index contributed by atoms with van der Waals surface area (Å²) in [7, 11) is 0. The number of piperidine rings is 1. The van der Waals surface area contributed by atoms with E-state index in [1.54, 1.807) is 18.5 Å². The Balaban J connectivity index is 1.36. The summed E-state index contributed by atoms with van der Waals surface area (Å²) in [6.07, 6.45) is 5.34.